The molecular formula is C14H19N3O4S. The number of carbonyl (C=O) groups is 2. The van der Waals surface area contributed by atoms with Gasteiger partial charge in [0.2, 0.25) is 16.4 Å². The summed E-state index contributed by atoms with van der Waals surface area (Å²) in [7, 11) is -0.675. The molecule has 1 heterocycles. The molecule has 2 amide bonds. The van der Waals surface area contributed by atoms with Crippen LogP contribution < -0.4 is 0 Å². The summed E-state index contributed by atoms with van der Waals surface area (Å²) in [4.78, 5) is 26.5. The van der Waals surface area contributed by atoms with E-state index in [1.54, 1.807) is 21.9 Å². The van der Waals surface area contributed by atoms with Gasteiger partial charge >= 0.3 is 0 Å². The Kier molecular flexibility index (Phi) is 4.82. The third kappa shape index (κ3) is 3.28. The van der Waals surface area contributed by atoms with E-state index in [0.29, 0.717) is 31.7 Å². The first kappa shape index (κ1) is 16.4. The monoisotopic (exact) mass is 325 g/mol. The summed E-state index contributed by atoms with van der Waals surface area (Å²) in [5.74, 6) is -0.221. The molecule has 22 heavy (non-hydrogen) atoms. The van der Waals surface area contributed by atoms with Gasteiger partial charge in [-0.1, -0.05) is 6.07 Å². The van der Waals surface area contributed by atoms with Crippen molar-refractivity contribution in [1.29, 1.82) is 0 Å². The van der Waals surface area contributed by atoms with E-state index in [-0.39, 0.29) is 10.8 Å². The summed E-state index contributed by atoms with van der Waals surface area (Å²) in [5, 5.41) is 0. The lowest BCUT2D eigenvalue weighted by molar-refractivity contribution is -0.119. The Bertz CT molecular complexity index is 664. The summed E-state index contributed by atoms with van der Waals surface area (Å²) >= 11 is 0. The minimum absolute atomic E-state index is 0.0925. The van der Waals surface area contributed by atoms with Crippen LogP contribution in [0, 0.1) is 0 Å². The van der Waals surface area contributed by atoms with Gasteiger partial charge in [0.1, 0.15) is 0 Å². The Morgan fingerprint density at radius 3 is 2.36 bits per heavy atom. The highest BCUT2D eigenvalue weighted by Gasteiger charge is 2.23. The van der Waals surface area contributed by atoms with Crippen LogP contribution in [0.2, 0.25) is 0 Å². The van der Waals surface area contributed by atoms with Crippen LogP contribution in [0.3, 0.4) is 0 Å². The van der Waals surface area contributed by atoms with Crippen LogP contribution in [0.15, 0.2) is 29.2 Å². The van der Waals surface area contributed by atoms with Gasteiger partial charge in [-0.05, 0) is 18.2 Å². The van der Waals surface area contributed by atoms with Crippen molar-refractivity contribution in [1.82, 2.24) is 14.1 Å². The zero-order valence-electron chi connectivity index (χ0n) is 12.6. The summed E-state index contributed by atoms with van der Waals surface area (Å²) in [6, 6.07) is 6.02. The van der Waals surface area contributed by atoms with Gasteiger partial charge in [-0.2, -0.15) is 0 Å². The Balaban J connectivity index is 2.20. The Labute approximate surface area is 130 Å². The van der Waals surface area contributed by atoms with Gasteiger partial charge in [-0.25, -0.2) is 12.7 Å². The average Bonchev–Trinajstić information content (AvgIpc) is 2.54. The first-order chi connectivity index (χ1) is 10.4. The molecule has 0 aliphatic carbocycles. The highest BCUT2D eigenvalue weighted by atomic mass is 32.2. The Morgan fingerprint density at radius 2 is 1.82 bits per heavy atom. The van der Waals surface area contributed by atoms with Crippen molar-refractivity contribution in [2.75, 3.05) is 40.3 Å². The van der Waals surface area contributed by atoms with Gasteiger partial charge in [-0.15, -0.1) is 0 Å². The van der Waals surface area contributed by atoms with Crippen LogP contribution in [0.4, 0.5) is 0 Å². The number of carbonyl (C=O) groups excluding carboxylic acids is 2. The highest BCUT2D eigenvalue weighted by Crippen LogP contribution is 2.16. The van der Waals surface area contributed by atoms with Crippen molar-refractivity contribution >= 4 is 22.3 Å². The summed E-state index contributed by atoms with van der Waals surface area (Å²) in [5.41, 5.74) is 0.336. The maximum atomic E-state index is 12.5. The average molecular weight is 325 g/mol. The highest BCUT2D eigenvalue weighted by molar-refractivity contribution is 7.89. The standard InChI is InChI=1S/C14H19N3O4S/c1-15(2)22(20,21)13-5-3-4-12(10-13)14(19)17-8-6-16(11-18)7-9-17/h3-5,10-11H,6-9H2,1-2H3. The van der Waals surface area contributed by atoms with E-state index in [1.807, 2.05) is 0 Å². The minimum Gasteiger partial charge on any atom is -0.342 e. The first-order valence-corrected chi connectivity index (χ1v) is 8.31. The van der Waals surface area contributed by atoms with E-state index >= 15 is 0 Å². The van der Waals surface area contributed by atoms with Crippen LogP contribution in [0.25, 0.3) is 0 Å². The van der Waals surface area contributed by atoms with Crippen molar-refractivity contribution in [3.63, 3.8) is 0 Å². The molecule has 1 aromatic rings. The summed E-state index contributed by atoms with van der Waals surface area (Å²) < 4.78 is 25.4. The fourth-order valence-electron chi connectivity index (χ4n) is 2.21. The quantitative estimate of drug-likeness (QED) is 0.722. The van der Waals surface area contributed by atoms with Gasteiger partial charge in [-0.3, -0.25) is 9.59 Å². The molecule has 2 rings (SSSR count). The van der Waals surface area contributed by atoms with Gasteiger partial charge in [0.05, 0.1) is 4.90 Å². The van der Waals surface area contributed by atoms with Crippen LogP contribution in [0.5, 0.6) is 0 Å². The Morgan fingerprint density at radius 1 is 1.18 bits per heavy atom. The fourth-order valence-corrected chi connectivity index (χ4v) is 3.16. The molecule has 0 atom stereocenters. The smallest absolute Gasteiger partial charge is 0.254 e. The van der Waals surface area contributed by atoms with Crippen molar-refractivity contribution in [3.8, 4) is 0 Å². The third-order valence-corrected chi connectivity index (χ3v) is 5.42. The second-order valence-electron chi connectivity index (χ2n) is 5.25. The normalized spacial score (nSPS) is 16.0. The lowest BCUT2D eigenvalue weighted by Crippen LogP contribution is -2.48. The number of hydrogen-bond acceptors (Lipinski definition) is 4. The van der Waals surface area contributed by atoms with Crippen molar-refractivity contribution in [3.05, 3.63) is 29.8 Å². The van der Waals surface area contributed by atoms with E-state index < -0.39 is 10.0 Å². The number of rotatable bonds is 4. The lowest BCUT2D eigenvalue weighted by Gasteiger charge is -2.32. The van der Waals surface area contributed by atoms with Crippen LogP contribution in [-0.4, -0.2) is 75.1 Å². The van der Waals surface area contributed by atoms with E-state index in [2.05, 4.69) is 0 Å². The van der Waals surface area contributed by atoms with Gasteiger partial charge in [0, 0.05) is 45.8 Å². The van der Waals surface area contributed by atoms with E-state index in [0.717, 1.165) is 10.7 Å². The predicted octanol–water partition coefficient (Wildman–Crippen LogP) is -0.149. The molecular weight excluding hydrogens is 306 g/mol. The number of sulfonamides is 1. The molecule has 0 radical (unpaired) electrons. The Hall–Kier alpha value is -1.93. The van der Waals surface area contributed by atoms with Gasteiger partial charge in [0.15, 0.2) is 0 Å². The topological polar surface area (TPSA) is 78.0 Å². The molecule has 7 nitrogen and oxygen atoms in total. The molecule has 1 fully saturated rings. The zero-order chi connectivity index (χ0) is 16.3. The molecule has 0 unspecified atom stereocenters. The fraction of sp³-hybridized carbons (Fsp3) is 0.429. The van der Waals surface area contributed by atoms with Crippen molar-refractivity contribution < 1.29 is 18.0 Å². The SMILES string of the molecule is CN(C)S(=O)(=O)c1cccc(C(=O)N2CCN(C=O)CC2)c1. The maximum Gasteiger partial charge on any atom is 0.254 e. The largest absolute Gasteiger partial charge is 0.342 e. The summed E-state index contributed by atoms with van der Waals surface area (Å²) in [6.45, 7) is 1.88. The molecule has 0 bridgehead atoms. The van der Waals surface area contributed by atoms with Crippen LogP contribution in [0.1, 0.15) is 10.4 Å². The first-order valence-electron chi connectivity index (χ1n) is 6.87. The number of benzene rings is 1. The van der Waals surface area contributed by atoms with E-state index in [4.69, 9.17) is 0 Å². The van der Waals surface area contributed by atoms with Gasteiger partial charge < -0.3 is 9.80 Å². The second-order valence-corrected chi connectivity index (χ2v) is 7.40. The van der Waals surface area contributed by atoms with E-state index in [9.17, 15) is 18.0 Å². The second kappa shape index (κ2) is 6.45. The molecule has 0 N–H and O–H groups in total. The molecule has 0 saturated carbocycles. The molecule has 1 aliphatic heterocycles. The molecule has 0 aromatic heterocycles. The van der Waals surface area contributed by atoms with Crippen LogP contribution >= 0.6 is 0 Å². The maximum absolute atomic E-state index is 12.5. The van der Waals surface area contributed by atoms with Crippen LogP contribution in [-0.2, 0) is 14.8 Å². The number of nitrogens with zero attached hydrogens (tertiary/aromatic N) is 3. The predicted molar refractivity (Wildman–Crippen MR) is 80.9 cm³/mol. The minimum atomic E-state index is -3.57. The molecule has 1 saturated heterocycles. The molecule has 1 aliphatic rings. The molecule has 8 heteroatoms. The third-order valence-electron chi connectivity index (χ3n) is 3.61. The number of piperazine rings is 1. The zero-order valence-corrected chi connectivity index (χ0v) is 13.4. The number of amides is 2. The van der Waals surface area contributed by atoms with Crippen molar-refractivity contribution in [2.24, 2.45) is 0 Å². The van der Waals surface area contributed by atoms with Crippen molar-refractivity contribution in [2.45, 2.75) is 4.90 Å². The van der Waals surface area contributed by atoms with E-state index in [1.165, 1.54) is 26.2 Å². The number of hydrogen-bond donors (Lipinski definition) is 0. The van der Waals surface area contributed by atoms with Gasteiger partial charge in [0.25, 0.3) is 5.91 Å². The molecule has 0 spiro atoms. The molecule has 1 aromatic carbocycles. The molecule has 120 valence electrons. The summed E-state index contributed by atoms with van der Waals surface area (Å²) in [6.07, 6.45) is 0.770. The lowest BCUT2D eigenvalue weighted by atomic mass is 10.2.